The average molecular weight is 441 g/mol. The lowest BCUT2D eigenvalue weighted by molar-refractivity contribution is -0.124. The first-order valence-electron chi connectivity index (χ1n) is 10.2. The van der Waals surface area contributed by atoms with Crippen molar-refractivity contribution in [2.45, 2.75) is 49.3 Å². The molecular formula is C20H26F2N4O3S. The van der Waals surface area contributed by atoms with Crippen LogP contribution in [-0.2, 0) is 4.79 Å². The van der Waals surface area contributed by atoms with Gasteiger partial charge in [0.2, 0.25) is 11.8 Å². The molecule has 7 nitrogen and oxygen atoms in total. The average Bonchev–Trinajstić information content (AvgIpc) is 3.50. The van der Waals surface area contributed by atoms with Crippen LogP contribution in [0, 0.1) is 5.92 Å². The Morgan fingerprint density at radius 3 is 2.70 bits per heavy atom. The largest absolute Gasteiger partial charge is 0.476 e. The molecule has 3 fully saturated rings. The molecule has 1 aromatic heterocycles. The quantitative estimate of drug-likeness (QED) is 0.675. The molecule has 0 bridgehead atoms. The summed E-state index contributed by atoms with van der Waals surface area (Å²) in [6.07, 6.45) is 3.36. The lowest BCUT2D eigenvalue weighted by atomic mass is 9.88. The zero-order chi connectivity index (χ0) is 21.5. The zero-order valence-electron chi connectivity index (χ0n) is 16.8. The van der Waals surface area contributed by atoms with Gasteiger partial charge >= 0.3 is 0 Å². The van der Waals surface area contributed by atoms with Crippen LogP contribution in [-0.4, -0.2) is 59.0 Å². The van der Waals surface area contributed by atoms with Gasteiger partial charge < -0.3 is 20.7 Å². The van der Waals surface area contributed by atoms with Gasteiger partial charge in [-0.05, 0) is 49.5 Å². The van der Waals surface area contributed by atoms with Gasteiger partial charge in [-0.2, -0.15) is 11.8 Å². The molecule has 2 unspecified atom stereocenters. The molecule has 2 amide bonds. The van der Waals surface area contributed by atoms with Crippen molar-refractivity contribution in [3.63, 3.8) is 0 Å². The number of ether oxygens (including phenoxy) is 1. The number of nitrogens with zero attached hydrogens (tertiary/aromatic N) is 2. The molecule has 0 spiro atoms. The third kappa shape index (κ3) is 4.19. The Morgan fingerprint density at radius 1 is 1.37 bits per heavy atom. The fourth-order valence-electron chi connectivity index (χ4n) is 3.84. The monoisotopic (exact) mass is 440 g/mol. The molecule has 3 aliphatic rings. The zero-order valence-corrected chi connectivity index (χ0v) is 17.6. The summed E-state index contributed by atoms with van der Waals surface area (Å²) in [7, 11) is 0. The second kappa shape index (κ2) is 7.86. The Labute approximate surface area is 178 Å². The van der Waals surface area contributed by atoms with Gasteiger partial charge in [-0.15, -0.1) is 0 Å². The van der Waals surface area contributed by atoms with E-state index in [2.05, 4.69) is 10.3 Å². The Balaban J connectivity index is 1.55. The van der Waals surface area contributed by atoms with E-state index in [4.69, 9.17) is 10.5 Å². The topological polar surface area (TPSA) is 97.6 Å². The number of pyridine rings is 1. The highest BCUT2D eigenvalue weighted by molar-refractivity contribution is 8.00. The van der Waals surface area contributed by atoms with Gasteiger partial charge in [0.25, 0.3) is 11.8 Å². The molecule has 3 heterocycles. The molecule has 164 valence electrons. The first-order valence-corrected chi connectivity index (χ1v) is 11.3. The lowest BCUT2D eigenvalue weighted by Crippen LogP contribution is -2.64. The molecule has 3 N–H and O–H groups in total. The Kier molecular flexibility index (Phi) is 5.54. The number of amides is 2. The van der Waals surface area contributed by atoms with Crippen LogP contribution in [0.1, 0.15) is 43.1 Å². The SMILES string of the molecule is CC1SCCCC1(NC(=O)c1ccc(N2CC(F)(F)C2)c(OCC2CC2)n1)C(N)=O. The molecule has 30 heavy (non-hydrogen) atoms. The number of hydrogen-bond donors (Lipinski definition) is 2. The van der Waals surface area contributed by atoms with E-state index in [1.807, 2.05) is 6.92 Å². The highest BCUT2D eigenvalue weighted by atomic mass is 32.2. The number of aromatic nitrogens is 1. The number of halogens is 2. The van der Waals surface area contributed by atoms with Crippen molar-refractivity contribution >= 4 is 29.3 Å². The van der Waals surface area contributed by atoms with Crippen molar-refractivity contribution in [2.24, 2.45) is 11.7 Å². The van der Waals surface area contributed by atoms with Gasteiger partial charge in [0.1, 0.15) is 16.9 Å². The van der Waals surface area contributed by atoms with Crippen LogP contribution in [0.3, 0.4) is 0 Å². The van der Waals surface area contributed by atoms with Crippen LogP contribution in [0.5, 0.6) is 5.88 Å². The second-order valence-electron chi connectivity index (χ2n) is 8.39. The van der Waals surface area contributed by atoms with Crippen LogP contribution in [0.25, 0.3) is 0 Å². The molecule has 10 heteroatoms. The number of alkyl halides is 2. The fourth-order valence-corrected chi connectivity index (χ4v) is 5.08. The Morgan fingerprint density at radius 2 is 2.10 bits per heavy atom. The van der Waals surface area contributed by atoms with Crippen LogP contribution in [0.4, 0.5) is 14.5 Å². The third-order valence-electron chi connectivity index (χ3n) is 5.96. The van der Waals surface area contributed by atoms with Gasteiger partial charge in [-0.3, -0.25) is 9.59 Å². The standard InChI is InChI=1S/C20H26F2N4O3S/c1-12-20(18(23)28,7-2-8-30-12)25-16(27)14-5-6-15(26-10-19(21,22)11-26)17(24-14)29-9-13-3-4-13/h5-6,12-13H,2-4,7-11H2,1H3,(H2,23,28)(H,25,27). The first-order chi connectivity index (χ1) is 14.2. The molecule has 2 saturated heterocycles. The number of carbonyl (C=O) groups excluding carboxylic acids is 2. The lowest BCUT2D eigenvalue weighted by Gasteiger charge is -2.41. The van der Waals surface area contributed by atoms with Gasteiger partial charge in [-0.1, -0.05) is 6.92 Å². The minimum Gasteiger partial charge on any atom is -0.476 e. The van der Waals surface area contributed by atoms with E-state index in [-0.39, 0.29) is 16.8 Å². The van der Waals surface area contributed by atoms with E-state index in [0.29, 0.717) is 24.6 Å². The molecule has 1 aromatic rings. The minimum atomic E-state index is -2.73. The molecule has 4 rings (SSSR count). The van der Waals surface area contributed by atoms with Crippen molar-refractivity contribution in [3.05, 3.63) is 17.8 Å². The summed E-state index contributed by atoms with van der Waals surface area (Å²) in [5.41, 5.74) is 5.04. The van der Waals surface area contributed by atoms with Gasteiger partial charge in [0, 0.05) is 5.25 Å². The molecule has 1 saturated carbocycles. The highest BCUT2D eigenvalue weighted by Gasteiger charge is 2.47. The summed E-state index contributed by atoms with van der Waals surface area (Å²) in [4.78, 5) is 31.0. The number of hydrogen-bond acceptors (Lipinski definition) is 6. The van der Waals surface area contributed by atoms with Crippen LogP contribution in [0.15, 0.2) is 12.1 Å². The van der Waals surface area contributed by atoms with Crippen molar-refractivity contribution in [3.8, 4) is 5.88 Å². The van der Waals surface area contributed by atoms with Crippen molar-refractivity contribution < 1.29 is 23.1 Å². The van der Waals surface area contributed by atoms with E-state index in [1.165, 1.54) is 11.0 Å². The van der Waals surface area contributed by atoms with Crippen LogP contribution >= 0.6 is 11.8 Å². The Hall–Kier alpha value is -2.10. The maximum absolute atomic E-state index is 13.3. The molecule has 2 aliphatic heterocycles. The second-order valence-corrected chi connectivity index (χ2v) is 9.84. The van der Waals surface area contributed by atoms with Crippen LogP contribution in [0.2, 0.25) is 0 Å². The number of carbonyl (C=O) groups is 2. The number of nitrogens with two attached hydrogens (primary N) is 1. The van der Waals surface area contributed by atoms with Crippen molar-refractivity contribution in [1.29, 1.82) is 0 Å². The van der Waals surface area contributed by atoms with E-state index in [0.717, 1.165) is 25.0 Å². The predicted molar refractivity (Wildman–Crippen MR) is 110 cm³/mol. The van der Waals surface area contributed by atoms with Crippen molar-refractivity contribution in [1.82, 2.24) is 10.3 Å². The number of rotatable bonds is 7. The molecule has 1 aliphatic carbocycles. The number of thioether (sulfide) groups is 1. The predicted octanol–water partition coefficient (Wildman–Crippen LogP) is 2.20. The van der Waals surface area contributed by atoms with Crippen molar-refractivity contribution in [2.75, 3.05) is 30.3 Å². The number of anilines is 1. The van der Waals surface area contributed by atoms with E-state index < -0.39 is 36.4 Å². The minimum absolute atomic E-state index is 0.0697. The summed E-state index contributed by atoms with van der Waals surface area (Å²) in [5.74, 6) is -2.32. The summed E-state index contributed by atoms with van der Waals surface area (Å²) in [5, 5.41) is 2.64. The van der Waals surface area contributed by atoms with Gasteiger partial charge in [0.15, 0.2) is 0 Å². The summed E-state index contributed by atoms with van der Waals surface area (Å²) in [6.45, 7) is 1.51. The van der Waals surface area contributed by atoms with Crippen LogP contribution < -0.4 is 20.7 Å². The maximum Gasteiger partial charge on any atom is 0.282 e. The smallest absolute Gasteiger partial charge is 0.282 e. The molecule has 0 aromatic carbocycles. The number of primary amides is 1. The maximum atomic E-state index is 13.3. The molecular weight excluding hydrogens is 414 g/mol. The summed E-state index contributed by atoms with van der Waals surface area (Å²) >= 11 is 1.59. The van der Waals surface area contributed by atoms with Gasteiger partial charge in [0.05, 0.1) is 19.7 Å². The molecule has 0 radical (unpaired) electrons. The van der Waals surface area contributed by atoms with E-state index in [9.17, 15) is 18.4 Å². The normalized spacial score (nSPS) is 27.8. The van der Waals surface area contributed by atoms with Gasteiger partial charge in [-0.25, -0.2) is 13.8 Å². The highest BCUT2D eigenvalue weighted by Crippen LogP contribution is 2.38. The molecule has 2 atom stereocenters. The Bertz CT molecular complexity index is 843. The summed E-state index contributed by atoms with van der Waals surface area (Å²) in [6, 6.07) is 3.05. The number of nitrogens with one attached hydrogen (secondary N) is 1. The summed E-state index contributed by atoms with van der Waals surface area (Å²) < 4.78 is 32.5. The van der Waals surface area contributed by atoms with E-state index in [1.54, 1.807) is 17.8 Å². The first kappa shape index (κ1) is 21.1. The third-order valence-corrected chi connectivity index (χ3v) is 7.39. The van der Waals surface area contributed by atoms with E-state index >= 15 is 0 Å². The fraction of sp³-hybridized carbons (Fsp3) is 0.650.